The Bertz CT molecular complexity index is 1670. The van der Waals surface area contributed by atoms with Crippen LogP contribution >= 0.6 is 11.6 Å². The molecule has 0 amide bonds. The molecule has 8 heteroatoms. The van der Waals surface area contributed by atoms with Gasteiger partial charge in [-0.25, -0.2) is 4.79 Å². The van der Waals surface area contributed by atoms with E-state index in [1.165, 1.54) is 23.1 Å². The Labute approximate surface area is 257 Å². The van der Waals surface area contributed by atoms with E-state index in [4.69, 9.17) is 21.1 Å². The van der Waals surface area contributed by atoms with Crippen LogP contribution in [0.3, 0.4) is 0 Å². The number of methoxy groups -OCH3 is 1. The van der Waals surface area contributed by atoms with Crippen LogP contribution in [-0.4, -0.2) is 60.8 Å². The summed E-state index contributed by atoms with van der Waals surface area (Å²) >= 11 is 6.19. The molecule has 6 rings (SSSR count). The predicted molar refractivity (Wildman–Crippen MR) is 173 cm³/mol. The molecule has 1 saturated heterocycles. The Morgan fingerprint density at radius 1 is 0.977 bits per heavy atom. The fraction of sp³-hybridized carbons (Fsp3) is 0.343. The van der Waals surface area contributed by atoms with E-state index in [2.05, 4.69) is 40.8 Å². The molecule has 1 aliphatic heterocycles. The molecule has 2 heterocycles. The van der Waals surface area contributed by atoms with Gasteiger partial charge in [-0.2, -0.15) is 0 Å². The molecule has 7 nitrogen and oxygen atoms in total. The monoisotopic (exact) mass is 599 g/mol. The number of allylic oxidation sites excluding steroid dienone is 1. The number of piperazine rings is 1. The normalized spacial score (nSPS) is 17.3. The van der Waals surface area contributed by atoms with E-state index in [0.29, 0.717) is 17.2 Å². The number of ether oxygens (including phenoxy) is 2. The van der Waals surface area contributed by atoms with Crippen LogP contribution in [0, 0.1) is 5.41 Å². The second kappa shape index (κ2) is 12.0. The number of carbonyl (C=O) groups is 1. The molecule has 1 aromatic heterocycles. The minimum absolute atomic E-state index is 0.112. The first kappa shape index (κ1) is 29.1. The summed E-state index contributed by atoms with van der Waals surface area (Å²) in [4.78, 5) is 20.1. The number of halogens is 1. The van der Waals surface area contributed by atoms with Crippen molar-refractivity contribution < 1.29 is 19.4 Å². The van der Waals surface area contributed by atoms with Crippen molar-refractivity contribution >= 4 is 39.7 Å². The molecule has 0 unspecified atom stereocenters. The van der Waals surface area contributed by atoms with Gasteiger partial charge in [0.2, 0.25) is 0 Å². The maximum atomic E-state index is 12.1. The molecule has 0 atom stereocenters. The van der Waals surface area contributed by atoms with Crippen LogP contribution in [0.25, 0.3) is 16.5 Å². The standard InChI is InChI=1S/C35H38ClN3O4/c1-35(2)12-10-25(29(21-35)23-4-6-26(36)7-5-23)22-38-14-16-39(17-15-38)27-8-9-28(34(40)41)31(19-27)43-33-18-24-11-13-37-30(24)20-32(33)42-3/h4-9,11,13,18-20,37H,10,12,14-17,21-22H2,1-3H3,(H,40,41). The third-order valence-corrected chi connectivity index (χ3v) is 9.04. The number of H-pyrrole nitrogens is 1. The van der Waals surface area contributed by atoms with Gasteiger partial charge in [-0.15, -0.1) is 0 Å². The molecule has 1 aliphatic carbocycles. The summed E-state index contributed by atoms with van der Waals surface area (Å²) in [6.45, 7) is 9.24. The highest BCUT2D eigenvalue weighted by Crippen LogP contribution is 2.43. The molecular weight excluding hydrogens is 562 g/mol. The van der Waals surface area contributed by atoms with Crippen molar-refractivity contribution in [3.05, 3.63) is 88.6 Å². The highest BCUT2D eigenvalue weighted by Gasteiger charge is 2.29. The lowest BCUT2D eigenvalue weighted by atomic mass is 9.72. The molecule has 0 saturated carbocycles. The number of fused-ring (bicyclic) bond motifs is 1. The Kier molecular flexibility index (Phi) is 8.12. The second-order valence-corrected chi connectivity index (χ2v) is 12.8. The zero-order valence-corrected chi connectivity index (χ0v) is 25.7. The summed E-state index contributed by atoms with van der Waals surface area (Å²) in [6.07, 6.45) is 5.23. The van der Waals surface area contributed by atoms with E-state index in [1.807, 2.05) is 48.7 Å². The number of benzene rings is 3. The average molecular weight is 600 g/mol. The van der Waals surface area contributed by atoms with Crippen molar-refractivity contribution in [1.82, 2.24) is 9.88 Å². The Hall–Kier alpha value is -3.94. The topological polar surface area (TPSA) is 78.0 Å². The minimum Gasteiger partial charge on any atom is -0.493 e. The molecule has 1 fully saturated rings. The average Bonchev–Trinajstić information content (AvgIpc) is 3.45. The molecule has 0 radical (unpaired) electrons. The molecule has 3 aromatic carbocycles. The second-order valence-electron chi connectivity index (χ2n) is 12.3. The van der Waals surface area contributed by atoms with Gasteiger partial charge in [-0.05, 0) is 72.2 Å². The van der Waals surface area contributed by atoms with Crippen LogP contribution in [0.1, 0.15) is 49.0 Å². The van der Waals surface area contributed by atoms with Gasteiger partial charge in [-0.1, -0.05) is 43.2 Å². The summed E-state index contributed by atoms with van der Waals surface area (Å²) < 4.78 is 11.8. The fourth-order valence-electron chi connectivity index (χ4n) is 6.28. The van der Waals surface area contributed by atoms with Crippen molar-refractivity contribution in [2.75, 3.05) is 44.7 Å². The lowest BCUT2D eigenvalue weighted by Crippen LogP contribution is -2.47. The van der Waals surface area contributed by atoms with Gasteiger partial charge < -0.3 is 24.5 Å². The number of nitrogens with zero attached hydrogens (tertiary/aromatic N) is 2. The quantitative estimate of drug-likeness (QED) is 0.213. The van der Waals surface area contributed by atoms with Crippen LogP contribution in [0.4, 0.5) is 5.69 Å². The molecule has 4 aromatic rings. The van der Waals surface area contributed by atoms with E-state index < -0.39 is 5.97 Å². The fourth-order valence-corrected chi connectivity index (χ4v) is 6.41. The number of carboxylic acids is 1. The van der Waals surface area contributed by atoms with Gasteiger partial charge in [0.15, 0.2) is 11.5 Å². The van der Waals surface area contributed by atoms with Crippen LogP contribution in [0.15, 0.2) is 72.4 Å². The third-order valence-electron chi connectivity index (χ3n) is 8.78. The Balaban J connectivity index is 1.19. The van der Waals surface area contributed by atoms with E-state index in [-0.39, 0.29) is 11.0 Å². The molecule has 224 valence electrons. The van der Waals surface area contributed by atoms with E-state index in [0.717, 1.165) is 67.2 Å². The number of hydrogen-bond acceptors (Lipinski definition) is 5. The molecular formula is C35H38ClN3O4. The number of aromatic amines is 1. The van der Waals surface area contributed by atoms with Crippen LogP contribution in [0.5, 0.6) is 17.2 Å². The van der Waals surface area contributed by atoms with Crippen LogP contribution in [-0.2, 0) is 0 Å². The van der Waals surface area contributed by atoms with Gasteiger partial charge in [0.1, 0.15) is 11.3 Å². The van der Waals surface area contributed by atoms with E-state index >= 15 is 0 Å². The van der Waals surface area contributed by atoms with Crippen molar-refractivity contribution in [3.8, 4) is 17.2 Å². The summed E-state index contributed by atoms with van der Waals surface area (Å²) in [5.74, 6) is 0.264. The van der Waals surface area contributed by atoms with E-state index in [9.17, 15) is 9.90 Å². The van der Waals surface area contributed by atoms with Crippen molar-refractivity contribution in [3.63, 3.8) is 0 Å². The smallest absolute Gasteiger partial charge is 0.339 e. The van der Waals surface area contributed by atoms with Crippen molar-refractivity contribution in [2.45, 2.75) is 33.1 Å². The molecule has 43 heavy (non-hydrogen) atoms. The first-order chi connectivity index (χ1) is 20.7. The van der Waals surface area contributed by atoms with Crippen LogP contribution < -0.4 is 14.4 Å². The summed E-state index contributed by atoms with van der Waals surface area (Å²) in [7, 11) is 1.58. The molecule has 0 spiro atoms. The van der Waals surface area contributed by atoms with Gasteiger partial charge >= 0.3 is 5.97 Å². The summed E-state index contributed by atoms with van der Waals surface area (Å²) in [6, 6.07) is 19.3. The first-order valence-electron chi connectivity index (χ1n) is 14.8. The van der Waals surface area contributed by atoms with Crippen LogP contribution in [0.2, 0.25) is 5.02 Å². The zero-order valence-electron chi connectivity index (χ0n) is 25.0. The lowest BCUT2D eigenvalue weighted by Gasteiger charge is -2.39. The Morgan fingerprint density at radius 2 is 1.74 bits per heavy atom. The minimum atomic E-state index is -1.03. The highest BCUT2D eigenvalue weighted by atomic mass is 35.5. The number of rotatable bonds is 8. The lowest BCUT2D eigenvalue weighted by molar-refractivity contribution is 0.0694. The largest absolute Gasteiger partial charge is 0.493 e. The molecule has 2 aliphatic rings. The van der Waals surface area contributed by atoms with Crippen molar-refractivity contribution in [1.29, 1.82) is 0 Å². The summed E-state index contributed by atoms with van der Waals surface area (Å²) in [5, 5.41) is 11.6. The van der Waals surface area contributed by atoms with E-state index in [1.54, 1.807) is 13.2 Å². The van der Waals surface area contributed by atoms with Gasteiger partial charge in [0.25, 0.3) is 0 Å². The number of nitrogens with one attached hydrogen (secondary N) is 1. The number of anilines is 1. The summed E-state index contributed by atoms with van der Waals surface area (Å²) in [5.41, 5.74) is 6.55. The van der Waals surface area contributed by atoms with Gasteiger partial charge in [0.05, 0.1) is 7.11 Å². The molecule has 2 N–H and O–H groups in total. The number of hydrogen-bond donors (Lipinski definition) is 2. The predicted octanol–water partition coefficient (Wildman–Crippen LogP) is 8.11. The first-order valence-corrected chi connectivity index (χ1v) is 15.2. The highest BCUT2D eigenvalue weighted by molar-refractivity contribution is 6.30. The molecule has 0 bridgehead atoms. The number of carboxylic acid groups (broad SMARTS) is 1. The Morgan fingerprint density at radius 3 is 2.47 bits per heavy atom. The number of aromatic nitrogens is 1. The van der Waals surface area contributed by atoms with Gasteiger partial charge in [-0.3, -0.25) is 4.90 Å². The van der Waals surface area contributed by atoms with Gasteiger partial charge in [0, 0.05) is 72.7 Å². The third kappa shape index (κ3) is 6.38. The SMILES string of the molecule is COc1cc2[nH]ccc2cc1Oc1cc(N2CCN(CC3=C(c4ccc(Cl)cc4)CC(C)(C)CC3)CC2)ccc1C(=O)O. The zero-order chi connectivity index (χ0) is 30.1. The number of aromatic carboxylic acids is 1. The maximum absolute atomic E-state index is 12.1. The van der Waals surface area contributed by atoms with Crippen molar-refractivity contribution in [2.24, 2.45) is 5.41 Å². The maximum Gasteiger partial charge on any atom is 0.339 e.